The first-order valence-electron chi connectivity index (χ1n) is 7.72. The molecule has 1 aliphatic rings. The second-order valence-corrected chi connectivity index (χ2v) is 5.92. The molecule has 4 nitrogen and oxygen atoms in total. The third-order valence-electron chi connectivity index (χ3n) is 4.86. The summed E-state index contributed by atoms with van der Waals surface area (Å²) in [6, 6.07) is 5.60. The number of likely N-dealkylation sites (tertiary alicyclic amines) is 1. The highest BCUT2D eigenvalue weighted by Gasteiger charge is 2.40. The van der Waals surface area contributed by atoms with Gasteiger partial charge in [-0.25, -0.2) is 0 Å². The number of benzene rings is 1. The molecule has 2 rings (SSSR count). The lowest BCUT2D eigenvalue weighted by Gasteiger charge is -2.42. The number of aliphatic hydroxyl groups is 1. The number of nitrogens with zero attached hydrogens (tertiary/aromatic N) is 1. The summed E-state index contributed by atoms with van der Waals surface area (Å²) < 4.78 is 10.7. The average Bonchev–Trinajstić information content (AvgIpc) is 3.07. The molecule has 0 amide bonds. The van der Waals surface area contributed by atoms with Gasteiger partial charge in [-0.3, -0.25) is 4.90 Å². The minimum atomic E-state index is -0.606. The molecule has 1 heterocycles. The zero-order valence-corrected chi connectivity index (χ0v) is 13.6. The Morgan fingerprint density at radius 3 is 2.43 bits per heavy atom. The molecule has 1 aromatic rings. The van der Waals surface area contributed by atoms with Gasteiger partial charge in [0.15, 0.2) is 0 Å². The summed E-state index contributed by atoms with van der Waals surface area (Å²) in [7, 11) is 3.27. The topological polar surface area (TPSA) is 41.9 Å². The molecule has 21 heavy (non-hydrogen) atoms. The first kappa shape index (κ1) is 16.1. The fourth-order valence-electron chi connectivity index (χ4n) is 3.21. The van der Waals surface area contributed by atoms with Crippen LogP contribution in [0.1, 0.15) is 44.8 Å². The number of hydrogen-bond acceptors (Lipinski definition) is 4. The zero-order valence-electron chi connectivity index (χ0n) is 13.6. The van der Waals surface area contributed by atoms with Crippen molar-refractivity contribution in [2.75, 3.05) is 27.3 Å². The van der Waals surface area contributed by atoms with Crippen LogP contribution in [-0.2, 0) is 0 Å². The minimum Gasteiger partial charge on any atom is -0.497 e. The van der Waals surface area contributed by atoms with Crippen molar-refractivity contribution in [3.05, 3.63) is 23.8 Å². The van der Waals surface area contributed by atoms with E-state index in [1.165, 1.54) is 12.8 Å². The van der Waals surface area contributed by atoms with Crippen molar-refractivity contribution in [3.8, 4) is 11.5 Å². The summed E-state index contributed by atoms with van der Waals surface area (Å²) in [6.45, 7) is 6.37. The van der Waals surface area contributed by atoms with Gasteiger partial charge in [-0.2, -0.15) is 0 Å². The van der Waals surface area contributed by atoms with Gasteiger partial charge < -0.3 is 14.6 Å². The van der Waals surface area contributed by atoms with Crippen molar-refractivity contribution < 1.29 is 14.6 Å². The SMILES string of the molecule is CCC(C)(C(O)c1cc(OC)ccc1OC)N1CCCC1. The van der Waals surface area contributed by atoms with Crippen LogP contribution in [0.25, 0.3) is 0 Å². The Bertz CT molecular complexity index is 471. The molecule has 118 valence electrons. The van der Waals surface area contributed by atoms with E-state index in [2.05, 4.69) is 18.7 Å². The van der Waals surface area contributed by atoms with Crippen LogP contribution in [0.3, 0.4) is 0 Å². The van der Waals surface area contributed by atoms with Gasteiger partial charge in [0.25, 0.3) is 0 Å². The van der Waals surface area contributed by atoms with Gasteiger partial charge in [-0.15, -0.1) is 0 Å². The molecule has 1 saturated heterocycles. The number of methoxy groups -OCH3 is 2. The predicted octanol–water partition coefficient (Wildman–Crippen LogP) is 3.00. The monoisotopic (exact) mass is 293 g/mol. The normalized spacial score (nSPS) is 20.0. The van der Waals surface area contributed by atoms with Crippen molar-refractivity contribution in [1.29, 1.82) is 0 Å². The fourth-order valence-corrected chi connectivity index (χ4v) is 3.21. The van der Waals surface area contributed by atoms with Gasteiger partial charge in [0.05, 0.1) is 14.2 Å². The minimum absolute atomic E-state index is 0.282. The van der Waals surface area contributed by atoms with E-state index in [0.29, 0.717) is 5.75 Å². The molecule has 0 bridgehead atoms. The van der Waals surface area contributed by atoms with E-state index in [1.807, 2.05) is 18.2 Å². The Balaban J connectivity index is 2.38. The molecule has 1 fully saturated rings. The maximum Gasteiger partial charge on any atom is 0.125 e. The van der Waals surface area contributed by atoms with E-state index in [-0.39, 0.29) is 5.54 Å². The van der Waals surface area contributed by atoms with E-state index >= 15 is 0 Å². The summed E-state index contributed by atoms with van der Waals surface area (Å²) in [4.78, 5) is 2.40. The van der Waals surface area contributed by atoms with E-state index in [4.69, 9.17) is 9.47 Å². The first-order chi connectivity index (χ1) is 10.1. The van der Waals surface area contributed by atoms with Gasteiger partial charge in [0.2, 0.25) is 0 Å². The molecule has 0 saturated carbocycles. The number of ether oxygens (including phenoxy) is 2. The lowest BCUT2D eigenvalue weighted by Crippen LogP contribution is -2.49. The predicted molar refractivity (Wildman–Crippen MR) is 84.0 cm³/mol. The number of hydrogen-bond donors (Lipinski definition) is 1. The lowest BCUT2D eigenvalue weighted by atomic mass is 9.85. The van der Waals surface area contributed by atoms with Crippen LogP contribution in [0.5, 0.6) is 11.5 Å². The van der Waals surface area contributed by atoms with Crippen molar-refractivity contribution >= 4 is 0 Å². The van der Waals surface area contributed by atoms with E-state index < -0.39 is 6.10 Å². The quantitative estimate of drug-likeness (QED) is 0.875. The molecule has 0 aromatic heterocycles. The third-order valence-corrected chi connectivity index (χ3v) is 4.86. The van der Waals surface area contributed by atoms with Crippen LogP contribution in [0.4, 0.5) is 0 Å². The number of rotatable bonds is 6. The van der Waals surface area contributed by atoms with E-state index in [9.17, 15) is 5.11 Å². The summed E-state index contributed by atoms with van der Waals surface area (Å²) in [5, 5.41) is 11.1. The van der Waals surface area contributed by atoms with Crippen LogP contribution in [0, 0.1) is 0 Å². The summed E-state index contributed by atoms with van der Waals surface area (Å²) in [5.74, 6) is 1.45. The molecule has 2 atom stereocenters. The van der Waals surface area contributed by atoms with Crippen LogP contribution in [-0.4, -0.2) is 42.9 Å². The van der Waals surface area contributed by atoms with Crippen LogP contribution < -0.4 is 9.47 Å². The molecule has 2 unspecified atom stereocenters. The van der Waals surface area contributed by atoms with E-state index in [0.717, 1.165) is 30.8 Å². The highest BCUT2D eigenvalue weighted by Crippen LogP contribution is 2.40. The fraction of sp³-hybridized carbons (Fsp3) is 0.647. The van der Waals surface area contributed by atoms with E-state index in [1.54, 1.807) is 14.2 Å². The van der Waals surface area contributed by atoms with Gasteiger partial charge in [-0.1, -0.05) is 6.92 Å². The highest BCUT2D eigenvalue weighted by atomic mass is 16.5. The molecule has 1 aromatic carbocycles. The first-order valence-corrected chi connectivity index (χ1v) is 7.72. The summed E-state index contributed by atoms with van der Waals surface area (Å²) in [5.41, 5.74) is 0.518. The second-order valence-electron chi connectivity index (χ2n) is 5.92. The Morgan fingerprint density at radius 1 is 1.24 bits per heavy atom. The molecular formula is C17H27NO3. The lowest BCUT2D eigenvalue weighted by molar-refractivity contribution is -0.0152. The zero-order chi connectivity index (χ0) is 15.5. The Hall–Kier alpha value is -1.26. The van der Waals surface area contributed by atoms with Crippen molar-refractivity contribution in [3.63, 3.8) is 0 Å². The standard InChI is InChI=1S/C17H27NO3/c1-5-17(2,18-10-6-7-11-18)16(19)14-12-13(20-3)8-9-15(14)21-4/h8-9,12,16,19H,5-7,10-11H2,1-4H3. The third kappa shape index (κ3) is 3.01. The van der Waals surface area contributed by atoms with Crippen LogP contribution >= 0.6 is 0 Å². The van der Waals surface area contributed by atoms with Gasteiger partial charge >= 0.3 is 0 Å². The maximum atomic E-state index is 11.1. The number of aliphatic hydroxyl groups excluding tert-OH is 1. The molecule has 4 heteroatoms. The second kappa shape index (κ2) is 6.67. The molecule has 0 radical (unpaired) electrons. The van der Waals surface area contributed by atoms with Gasteiger partial charge in [-0.05, 0) is 57.5 Å². The average molecular weight is 293 g/mol. The van der Waals surface area contributed by atoms with Gasteiger partial charge in [0, 0.05) is 11.1 Å². The smallest absolute Gasteiger partial charge is 0.125 e. The van der Waals surface area contributed by atoms with Crippen LogP contribution in [0.2, 0.25) is 0 Å². The molecule has 0 aliphatic carbocycles. The highest BCUT2D eigenvalue weighted by molar-refractivity contribution is 5.43. The molecule has 1 aliphatic heterocycles. The van der Waals surface area contributed by atoms with Crippen LogP contribution in [0.15, 0.2) is 18.2 Å². The Kier molecular flexibility index (Phi) is 5.12. The Labute approximate surface area is 127 Å². The van der Waals surface area contributed by atoms with Crippen molar-refractivity contribution in [2.24, 2.45) is 0 Å². The molecular weight excluding hydrogens is 266 g/mol. The van der Waals surface area contributed by atoms with Gasteiger partial charge in [0.1, 0.15) is 17.6 Å². The van der Waals surface area contributed by atoms with Crippen molar-refractivity contribution in [1.82, 2.24) is 4.90 Å². The summed E-state index contributed by atoms with van der Waals surface area (Å²) >= 11 is 0. The van der Waals surface area contributed by atoms with Crippen molar-refractivity contribution in [2.45, 2.75) is 44.8 Å². The Morgan fingerprint density at radius 2 is 1.90 bits per heavy atom. The molecule has 1 N–H and O–H groups in total. The molecule has 0 spiro atoms. The summed E-state index contributed by atoms with van der Waals surface area (Å²) in [6.07, 6.45) is 2.69. The largest absolute Gasteiger partial charge is 0.497 e. The maximum absolute atomic E-state index is 11.1.